The van der Waals surface area contributed by atoms with Crippen LogP contribution in [0.4, 0.5) is 0 Å². The van der Waals surface area contributed by atoms with Crippen molar-refractivity contribution < 1.29 is 9.53 Å². The first kappa shape index (κ1) is 18.4. The van der Waals surface area contributed by atoms with Gasteiger partial charge in [0.2, 0.25) is 0 Å². The van der Waals surface area contributed by atoms with Gasteiger partial charge in [0.25, 0.3) is 5.56 Å². The van der Waals surface area contributed by atoms with Crippen LogP contribution >= 0.6 is 11.3 Å². The van der Waals surface area contributed by atoms with Gasteiger partial charge in [-0.15, -0.1) is 0 Å². The zero-order chi connectivity index (χ0) is 19.5. The molecule has 0 aliphatic carbocycles. The molecular formula is C22H20N2O3S. The first-order chi connectivity index (χ1) is 13.7. The third kappa shape index (κ3) is 3.68. The summed E-state index contributed by atoms with van der Waals surface area (Å²) in [5.41, 5.74) is 3.37. The Balaban J connectivity index is 1.75. The molecule has 0 aliphatic heterocycles. The van der Waals surface area contributed by atoms with Crippen molar-refractivity contribution in [2.75, 3.05) is 6.61 Å². The molecule has 0 fully saturated rings. The second-order valence-electron chi connectivity index (χ2n) is 6.62. The number of esters is 1. The Labute approximate surface area is 166 Å². The highest BCUT2D eigenvalue weighted by molar-refractivity contribution is 7.23. The average Bonchev–Trinajstić information content (AvgIpc) is 3.05. The van der Waals surface area contributed by atoms with Crippen LogP contribution in [0, 0.1) is 0 Å². The highest BCUT2D eigenvalue weighted by Crippen LogP contribution is 2.30. The molecular weight excluding hydrogens is 372 g/mol. The fraction of sp³-hybridized carbons (Fsp3) is 0.227. The molecule has 0 spiro atoms. The van der Waals surface area contributed by atoms with E-state index in [-0.39, 0.29) is 17.9 Å². The summed E-state index contributed by atoms with van der Waals surface area (Å²) in [7, 11) is 0. The van der Waals surface area contributed by atoms with E-state index in [2.05, 4.69) is 11.9 Å². The monoisotopic (exact) mass is 392 g/mol. The van der Waals surface area contributed by atoms with Gasteiger partial charge in [-0.1, -0.05) is 61.1 Å². The third-order valence-electron chi connectivity index (χ3n) is 4.54. The summed E-state index contributed by atoms with van der Waals surface area (Å²) in [6.45, 7) is 2.53. The van der Waals surface area contributed by atoms with Crippen LogP contribution in [0.2, 0.25) is 0 Å². The van der Waals surface area contributed by atoms with Crippen LogP contribution in [0.25, 0.3) is 26.4 Å². The summed E-state index contributed by atoms with van der Waals surface area (Å²) in [5, 5.41) is 0. The minimum absolute atomic E-state index is 0.216. The highest BCUT2D eigenvalue weighted by atomic mass is 32.1. The molecule has 0 saturated heterocycles. The lowest BCUT2D eigenvalue weighted by Gasteiger charge is -2.07. The molecule has 4 aromatic rings. The van der Waals surface area contributed by atoms with E-state index >= 15 is 0 Å². The van der Waals surface area contributed by atoms with Crippen molar-refractivity contribution in [1.29, 1.82) is 0 Å². The quantitative estimate of drug-likeness (QED) is 0.359. The molecule has 0 saturated carbocycles. The molecule has 2 aromatic heterocycles. The van der Waals surface area contributed by atoms with E-state index in [4.69, 9.17) is 4.74 Å². The minimum Gasteiger partial charge on any atom is -0.465 e. The summed E-state index contributed by atoms with van der Waals surface area (Å²) in [4.78, 5) is 28.9. The van der Waals surface area contributed by atoms with Gasteiger partial charge in [0.15, 0.2) is 4.96 Å². The van der Waals surface area contributed by atoms with Crippen molar-refractivity contribution >= 4 is 32.5 Å². The molecule has 0 atom stereocenters. The van der Waals surface area contributed by atoms with Crippen molar-refractivity contribution in [3.05, 3.63) is 70.5 Å². The molecule has 0 bridgehead atoms. The number of nitrogens with zero attached hydrogens (tertiary/aromatic N) is 2. The van der Waals surface area contributed by atoms with Gasteiger partial charge in [0.1, 0.15) is 0 Å². The molecule has 5 nitrogen and oxygen atoms in total. The molecule has 0 aliphatic rings. The van der Waals surface area contributed by atoms with Crippen LogP contribution in [0.1, 0.15) is 25.3 Å². The molecule has 28 heavy (non-hydrogen) atoms. The molecule has 6 heteroatoms. The number of thiazole rings is 1. The van der Waals surface area contributed by atoms with Crippen molar-refractivity contribution in [1.82, 2.24) is 9.38 Å². The van der Waals surface area contributed by atoms with Crippen LogP contribution in [0.5, 0.6) is 0 Å². The molecule has 0 amide bonds. The van der Waals surface area contributed by atoms with Gasteiger partial charge >= 0.3 is 5.97 Å². The van der Waals surface area contributed by atoms with Gasteiger partial charge in [-0.05, 0) is 29.7 Å². The van der Waals surface area contributed by atoms with Gasteiger partial charge in [0.05, 0.1) is 28.9 Å². The topological polar surface area (TPSA) is 60.7 Å². The van der Waals surface area contributed by atoms with Crippen LogP contribution in [-0.2, 0) is 16.0 Å². The van der Waals surface area contributed by atoms with E-state index in [1.54, 1.807) is 6.07 Å². The number of hydrogen-bond donors (Lipinski definition) is 0. The maximum Gasteiger partial charge on any atom is 0.310 e. The smallest absolute Gasteiger partial charge is 0.310 e. The molecule has 2 aromatic carbocycles. The lowest BCUT2D eigenvalue weighted by molar-refractivity contribution is -0.142. The van der Waals surface area contributed by atoms with Crippen LogP contribution in [-0.4, -0.2) is 22.0 Å². The number of unbranched alkanes of at least 4 members (excludes halogenated alkanes) is 1. The molecule has 0 unspecified atom stereocenters. The zero-order valence-corrected chi connectivity index (χ0v) is 16.4. The van der Waals surface area contributed by atoms with Gasteiger partial charge in [-0.25, -0.2) is 0 Å². The molecule has 0 N–H and O–H groups in total. The van der Waals surface area contributed by atoms with Gasteiger partial charge in [0, 0.05) is 6.07 Å². The zero-order valence-electron chi connectivity index (χ0n) is 15.6. The number of benzene rings is 2. The molecule has 0 radical (unpaired) electrons. The third-order valence-corrected chi connectivity index (χ3v) is 5.55. The number of ether oxygens (including phenoxy) is 1. The van der Waals surface area contributed by atoms with Crippen molar-refractivity contribution in [3.63, 3.8) is 0 Å². The van der Waals surface area contributed by atoms with Crippen molar-refractivity contribution in [2.24, 2.45) is 0 Å². The van der Waals surface area contributed by atoms with E-state index < -0.39 is 0 Å². The SMILES string of the molecule is CCCCOC(=O)Cc1ccc2c(c1)sc1nc(=O)cc(-c3ccccc3)n12. The highest BCUT2D eigenvalue weighted by Gasteiger charge is 2.13. The first-order valence-corrected chi connectivity index (χ1v) is 10.1. The van der Waals surface area contributed by atoms with Gasteiger partial charge < -0.3 is 4.74 Å². The second-order valence-corrected chi connectivity index (χ2v) is 7.63. The van der Waals surface area contributed by atoms with Crippen molar-refractivity contribution in [2.45, 2.75) is 26.2 Å². The minimum atomic E-state index is -0.259. The number of carbonyl (C=O) groups excluding carboxylic acids is 1. The fourth-order valence-corrected chi connectivity index (χ4v) is 4.26. The summed E-state index contributed by atoms with van der Waals surface area (Å²) in [6.07, 6.45) is 2.12. The molecule has 2 heterocycles. The number of carbonyl (C=O) groups is 1. The van der Waals surface area contributed by atoms with Crippen LogP contribution in [0.15, 0.2) is 59.4 Å². The van der Waals surface area contributed by atoms with Crippen LogP contribution in [0.3, 0.4) is 0 Å². The summed E-state index contributed by atoms with van der Waals surface area (Å²) in [6, 6.07) is 17.3. The maximum absolute atomic E-state index is 12.1. The van der Waals surface area contributed by atoms with Gasteiger partial charge in [-0.2, -0.15) is 4.98 Å². The Kier molecular flexibility index (Phi) is 5.21. The lowest BCUT2D eigenvalue weighted by Crippen LogP contribution is -2.09. The Morgan fingerprint density at radius 2 is 1.96 bits per heavy atom. The van der Waals surface area contributed by atoms with Gasteiger partial charge in [-0.3, -0.25) is 14.0 Å². The molecule has 142 valence electrons. The first-order valence-electron chi connectivity index (χ1n) is 9.32. The van der Waals surface area contributed by atoms with E-state index in [1.807, 2.05) is 52.9 Å². The number of hydrogen-bond acceptors (Lipinski definition) is 5. The molecule has 4 rings (SSSR count). The standard InChI is InChI=1S/C22H20N2O3S/c1-2-3-11-27-21(26)13-15-9-10-17-19(12-15)28-22-23-20(25)14-18(24(17)22)16-7-5-4-6-8-16/h4-10,12,14H,2-3,11,13H2,1H3. The predicted octanol–water partition coefficient (Wildman–Crippen LogP) is 4.46. The lowest BCUT2D eigenvalue weighted by atomic mass is 10.1. The largest absolute Gasteiger partial charge is 0.465 e. The van der Waals surface area contributed by atoms with E-state index in [0.29, 0.717) is 11.6 Å². The summed E-state index contributed by atoms with van der Waals surface area (Å²) < 4.78 is 8.24. The summed E-state index contributed by atoms with van der Waals surface area (Å²) in [5.74, 6) is -0.216. The number of aromatic nitrogens is 2. The Morgan fingerprint density at radius 3 is 2.75 bits per heavy atom. The Hall–Kier alpha value is -2.99. The normalized spacial score (nSPS) is 11.2. The average molecular weight is 392 g/mol. The van der Waals surface area contributed by atoms with E-state index in [9.17, 15) is 9.59 Å². The number of rotatable bonds is 6. The second kappa shape index (κ2) is 7.94. The van der Waals surface area contributed by atoms with E-state index in [0.717, 1.165) is 39.9 Å². The maximum atomic E-state index is 12.1. The van der Waals surface area contributed by atoms with Crippen molar-refractivity contribution in [3.8, 4) is 11.3 Å². The predicted molar refractivity (Wildman–Crippen MR) is 112 cm³/mol. The van der Waals surface area contributed by atoms with Crippen LogP contribution < -0.4 is 5.56 Å². The Morgan fingerprint density at radius 1 is 1.14 bits per heavy atom. The number of fused-ring (bicyclic) bond motifs is 3. The fourth-order valence-electron chi connectivity index (χ4n) is 3.17. The Bertz CT molecular complexity index is 1200. The van der Waals surface area contributed by atoms with E-state index in [1.165, 1.54) is 11.3 Å². The summed E-state index contributed by atoms with van der Waals surface area (Å²) >= 11 is 1.45.